The first kappa shape index (κ1) is 9.22. The van der Waals surface area contributed by atoms with E-state index < -0.39 is 0 Å². The van der Waals surface area contributed by atoms with E-state index in [0.717, 1.165) is 47.3 Å². The summed E-state index contributed by atoms with van der Waals surface area (Å²) in [5.41, 5.74) is 0. The predicted octanol–water partition coefficient (Wildman–Crippen LogP) is 3.86. The zero-order chi connectivity index (χ0) is 10.1. The van der Waals surface area contributed by atoms with Gasteiger partial charge >= 0.3 is 0 Å². The van der Waals surface area contributed by atoms with Gasteiger partial charge in [0.25, 0.3) is 0 Å². The SMILES string of the molecule is Cl[C@]1(Br)C2C3CC4C5C3CC2C5C4[C@@H]1Br. The summed E-state index contributed by atoms with van der Waals surface area (Å²) in [6.45, 7) is 0. The minimum absolute atomic E-state index is 0.127. The van der Waals surface area contributed by atoms with E-state index in [2.05, 4.69) is 31.9 Å². The Bertz CT molecular complexity index is 365. The molecule has 0 aromatic carbocycles. The number of fused-ring (bicyclic) bond motifs is 2. The van der Waals surface area contributed by atoms with Crippen LogP contribution in [0.15, 0.2) is 0 Å². The molecule has 0 N–H and O–H groups in total. The van der Waals surface area contributed by atoms with Gasteiger partial charge in [-0.1, -0.05) is 31.9 Å². The lowest BCUT2D eigenvalue weighted by Crippen LogP contribution is -2.62. The summed E-state index contributed by atoms with van der Waals surface area (Å²) in [5, 5.41) is 0. The first-order valence-electron chi connectivity index (χ1n) is 6.14. The van der Waals surface area contributed by atoms with Crippen molar-refractivity contribution in [3.05, 3.63) is 0 Å². The van der Waals surface area contributed by atoms with Crippen molar-refractivity contribution < 1.29 is 0 Å². The van der Waals surface area contributed by atoms with Crippen LogP contribution in [0.2, 0.25) is 0 Å². The van der Waals surface area contributed by atoms with Gasteiger partial charge in [-0.05, 0) is 60.2 Å². The molecule has 0 spiro atoms. The lowest BCUT2D eigenvalue weighted by Gasteiger charge is -2.60. The average molecular weight is 352 g/mol. The van der Waals surface area contributed by atoms with Crippen molar-refractivity contribution in [3.63, 3.8) is 0 Å². The van der Waals surface area contributed by atoms with Gasteiger partial charge in [-0.15, -0.1) is 11.6 Å². The van der Waals surface area contributed by atoms with Crippen LogP contribution in [0.4, 0.5) is 0 Å². The maximum atomic E-state index is 6.82. The number of halogens is 3. The molecule has 5 aliphatic rings. The molecular weight excluding hydrogens is 339 g/mol. The Labute approximate surface area is 112 Å². The Hall–Kier alpha value is 1.25. The molecule has 5 fully saturated rings. The molecular formula is C12H13Br2Cl. The summed E-state index contributed by atoms with van der Waals surface area (Å²) in [7, 11) is 0. The Balaban J connectivity index is 1.77. The highest BCUT2D eigenvalue weighted by Crippen LogP contribution is 2.83. The first-order valence-corrected chi connectivity index (χ1v) is 8.23. The van der Waals surface area contributed by atoms with Gasteiger partial charge in [0.15, 0.2) is 0 Å². The summed E-state index contributed by atoms with van der Waals surface area (Å²) in [6.07, 6.45) is 3.01. The topological polar surface area (TPSA) is 0 Å². The van der Waals surface area contributed by atoms with Crippen molar-refractivity contribution in [1.82, 2.24) is 0 Å². The van der Waals surface area contributed by atoms with Crippen molar-refractivity contribution in [3.8, 4) is 0 Å². The largest absolute Gasteiger partial charge is 0.115 e. The van der Waals surface area contributed by atoms with E-state index in [0.29, 0.717) is 4.83 Å². The molecule has 0 radical (unpaired) electrons. The lowest BCUT2D eigenvalue weighted by molar-refractivity contribution is -0.0642. The quantitative estimate of drug-likeness (QED) is 0.581. The highest BCUT2D eigenvalue weighted by atomic mass is 79.9. The highest BCUT2D eigenvalue weighted by Gasteiger charge is 2.80. The molecule has 0 saturated heterocycles. The van der Waals surface area contributed by atoms with Crippen LogP contribution in [-0.2, 0) is 0 Å². The van der Waals surface area contributed by atoms with Gasteiger partial charge in [-0.25, -0.2) is 0 Å². The minimum atomic E-state index is -0.127. The zero-order valence-electron chi connectivity index (χ0n) is 8.24. The van der Waals surface area contributed by atoms with Gasteiger partial charge in [0, 0.05) is 4.83 Å². The third-order valence-corrected chi connectivity index (χ3v) is 10.3. The summed E-state index contributed by atoms with van der Waals surface area (Å²) >= 11 is 14.6. The fourth-order valence-electron chi connectivity index (χ4n) is 6.54. The average Bonchev–Trinajstić information content (AvgIpc) is 2.60. The molecule has 2 bridgehead atoms. The lowest BCUT2D eigenvalue weighted by atomic mass is 9.50. The van der Waals surface area contributed by atoms with Crippen LogP contribution < -0.4 is 0 Å². The normalized spacial score (nSPS) is 81.4. The molecule has 8 unspecified atom stereocenters. The van der Waals surface area contributed by atoms with E-state index >= 15 is 0 Å². The van der Waals surface area contributed by atoms with E-state index in [1.807, 2.05) is 0 Å². The fourth-order valence-corrected chi connectivity index (χ4v) is 9.05. The highest BCUT2D eigenvalue weighted by molar-refractivity contribution is 9.13. The number of alkyl halides is 3. The number of rotatable bonds is 0. The van der Waals surface area contributed by atoms with Crippen LogP contribution in [0, 0.1) is 47.3 Å². The summed E-state index contributed by atoms with van der Waals surface area (Å²) in [4.78, 5) is 0.517. The molecule has 0 aromatic rings. The third kappa shape index (κ3) is 0.714. The van der Waals surface area contributed by atoms with Crippen LogP contribution in [-0.4, -0.2) is 8.61 Å². The zero-order valence-corrected chi connectivity index (χ0v) is 12.2. The van der Waals surface area contributed by atoms with Gasteiger partial charge in [-0.2, -0.15) is 0 Å². The molecule has 5 aliphatic carbocycles. The van der Waals surface area contributed by atoms with Gasteiger partial charge < -0.3 is 0 Å². The second kappa shape index (κ2) is 2.36. The predicted molar refractivity (Wildman–Crippen MR) is 67.4 cm³/mol. The van der Waals surface area contributed by atoms with Crippen LogP contribution >= 0.6 is 43.5 Å². The molecule has 10 atom stereocenters. The Kier molecular flexibility index (Phi) is 1.45. The smallest absolute Gasteiger partial charge is 0.105 e. The molecule has 0 aromatic heterocycles. The van der Waals surface area contributed by atoms with Crippen molar-refractivity contribution in [2.24, 2.45) is 47.3 Å². The maximum Gasteiger partial charge on any atom is 0.115 e. The summed E-state index contributed by atoms with van der Waals surface area (Å²) in [5.74, 6) is 7.87. The third-order valence-electron chi connectivity index (χ3n) is 6.58. The molecule has 15 heavy (non-hydrogen) atoms. The fraction of sp³-hybridized carbons (Fsp3) is 1.00. The van der Waals surface area contributed by atoms with E-state index in [1.54, 1.807) is 0 Å². The van der Waals surface area contributed by atoms with Gasteiger partial charge in [-0.3, -0.25) is 0 Å². The van der Waals surface area contributed by atoms with E-state index in [1.165, 1.54) is 12.8 Å². The van der Waals surface area contributed by atoms with E-state index in [4.69, 9.17) is 11.6 Å². The monoisotopic (exact) mass is 350 g/mol. The Morgan fingerprint density at radius 2 is 1.67 bits per heavy atom. The van der Waals surface area contributed by atoms with Crippen molar-refractivity contribution >= 4 is 43.5 Å². The molecule has 5 rings (SSSR count). The second-order valence-electron chi connectivity index (χ2n) is 6.46. The van der Waals surface area contributed by atoms with Gasteiger partial charge in [0.05, 0.1) is 0 Å². The minimum Gasteiger partial charge on any atom is -0.105 e. The second-order valence-corrected chi connectivity index (χ2v) is 9.84. The van der Waals surface area contributed by atoms with Crippen LogP contribution in [0.3, 0.4) is 0 Å². The van der Waals surface area contributed by atoms with Gasteiger partial charge in [0.1, 0.15) is 3.78 Å². The molecule has 0 heterocycles. The van der Waals surface area contributed by atoms with Crippen LogP contribution in [0.25, 0.3) is 0 Å². The summed E-state index contributed by atoms with van der Waals surface area (Å²) < 4.78 is -0.127. The summed E-state index contributed by atoms with van der Waals surface area (Å²) in [6, 6.07) is 0. The molecule has 0 aliphatic heterocycles. The van der Waals surface area contributed by atoms with Crippen molar-refractivity contribution in [2.45, 2.75) is 21.5 Å². The molecule has 5 saturated carbocycles. The standard InChI is InChI=1S/C12H13Br2Cl/c13-11-9-5-2-4-3-1-6(8(9)7(3)5)10(4)12(11,14)15/h3-11H,1-2H2/t3?,4?,5?,6?,7?,8?,9?,10?,11-,12+/m0/s1. The van der Waals surface area contributed by atoms with Crippen molar-refractivity contribution in [2.75, 3.05) is 0 Å². The van der Waals surface area contributed by atoms with Gasteiger partial charge in [0.2, 0.25) is 0 Å². The molecule has 0 nitrogen and oxygen atoms in total. The Morgan fingerprint density at radius 1 is 0.933 bits per heavy atom. The van der Waals surface area contributed by atoms with Crippen molar-refractivity contribution in [1.29, 1.82) is 0 Å². The molecule has 3 heteroatoms. The number of hydrogen-bond donors (Lipinski definition) is 0. The van der Waals surface area contributed by atoms with E-state index in [-0.39, 0.29) is 3.78 Å². The van der Waals surface area contributed by atoms with Crippen LogP contribution in [0.5, 0.6) is 0 Å². The molecule has 0 amide bonds. The molecule has 82 valence electrons. The number of hydrogen-bond acceptors (Lipinski definition) is 0. The Morgan fingerprint density at radius 3 is 2.47 bits per heavy atom. The maximum absolute atomic E-state index is 6.82. The first-order chi connectivity index (χ1) is 7.12. The van der Waals surface area contributed by atoms with Crippen LogP contribution in [0.1, 0.15) is 12.8 Å². The van der Waals surface area contributed by atoms with E-state index in [9.17, 15) is 0 Å².